The number of aliphatic carboxylic acids is 1. The molecule has 39 heavy (non-hydrogen) atoms. The quantitative estimate of drug-likeness (QED) is 0.343. The molecule has 0 spiro atoms. The van der Waals surface area contributed by atoms with Gasteiger partial charge in [-0.1, -0.05) is 24.3 Å². The number of hydrogen-bond donors (Lipinski definition) is 2. The summed E-state index contributed by atoms with van der Waals surface area (Å²) in [5.74, 6) is -1.20. The van der Waals surface area contributed by atoms with Crippen molar-refractivity contribution < 1.29 is 37.3 Å². The van der Waals surface area contributed by atoms with Gasteiger partial charge in [0.15, 0.2) is 6.10 Å². The number of amides is 1. The largest absolute Gasteiger partial charge is 0.493 e. The number of carbonyl (C=O) groups excluding carboxylic acids is 1. The molecule has 0 saturated carbocycles. The van der Waals surface area contributed by atoms with Crippen molar-refractivity contribution in [3.63, 3.8) is 0 Å². The SMILES string of the molecule is CC(=O)Nc1cccc(-c2ccc(C(F)(F)F)c(C(OC(C)(C)C)C(=O)O)c2-c2ccc3c(c2)CCCO3)c1. The zero-order chi connectivity index (χ0) is 28.5. The Hall–Kier alpha value is -3.85. The Morgan fingerprint density at radius 1 is 1.03 bits per heavy atom. The van der Waals surface area contributed by atoms with E-state index in [-0.39, 0.29) is 11.5 Å². The first-order valence-corrected chi connectivity index (χ1v) is 12.5. The van der Waals surface area contributed by atoms with E-state index < -0.39 is 35.0 Å². The molecule has 2 N–H and O–H groups in total. The van der Waals surface area contributed by atoms with Gasteiger partial charge >= 0.3 is 12.1 Å². The molecule has 206 valence electrons. The molecule has 0 fully saturated rings. The highest BCUT2D eigenvalue weighted by atomic mass is 19.4. The normalized spacial score (nSPS) is 14.2. The summed E-state index contributed by atoms with van der Waals surface area (Å²) in [6.07, 6.45) is -5.34. The highest BCUT2D eigenvalue weighted by Crippen LogP contribution is 2.47. The van der Waals surface area contributed by atoms with Crippen molar-refractivity contribution >= 4 is 17.6 Å². The highest BCUT2D eigenvalue weighted by molar-refractivity contribution is 5.93. The molecule has 1 aliphatic rings. The Balaban J connectivity index is 2.10. The molecule has 3 aromatic carbocycles. The molecule has 0 radical (unpaired) electrons. The predicted octanol–water partition coefficient (Wildman–Crippen LogP) is 7.26. The second-order valence-electron chi connectivity index (χ2n) is 10.4. The molecule has 9 heteroatoms. The zero-order valence-electron chi connectivity index (χ0n) is 22.1. The number of fused-ring (bicyclic) bond motifs is 1. The van der Waals surface area contributed by atoms with Crippen LogP contribution in [0.4, 0.5) is 18.9 Å². The van der Waals surface area contributed by atoms with Crippen LogP contribution in [0.2, 0.25) is 0 Å². The number of halogens is 3. The number of carbonyl (C=O) groups is 2. The monoisotopic (exact) mass is 541 g/mol. The summed E-state index contributed by atoms with van der Waals surface area (Å²) in [6, 6.07) is 14.0. The number of alkyl halides is 3. The number of ether oxygens (including phenoxy) is 2. The van der Waals surface area contributed by atoms with E-state index >= 15 is 0 Å². The summed E-state index contributed by atoms with van der Waals surface area (Å²) in [5, 5.41) is 12.9. The minimum absolute atomic E-state index is 0.0924. The maximum atomic E-state index is 14.5. The van der Waals surface area contributed by atoms with Crippen molar-refractivity contribution in [2.24, 2.45) is 0 Å². The molecule has 4 rings (SSSR count). The fourth-order valence-electron chi connectivity index (χ4n) is 4.76. The lowest BCUT2D eigenvalue weighted by atomic mass is 9.84. The molecule has 6 nitrogen and oxygen atoms in total. The minimum Gasteiger partial charge on any atom is -0.493 e. The van der Waals surface area contributed by atoms with Gasteiger partial charge in [-0.05, 0) is 91.8 Å². The fourth-order valence-corrected chi connectivity index (χ4v) is 4.76. The van der Waals surface area contributed by atoms with Gasteiger partial charge in [-0.25, -0.2) is 4.79 Å². The van der Waals surface area contributed by atoms with E-state index in [2.05, 4.69) is 5.32 Å². The molecule has 1 aliphatic heterocycles. The Morgan fingerprint density at radius 2 is 1.77 bits per heavy atom. The lowest BCUT2D eigenvalue weighted by Gasteiger charge is -2.30. The topological polar surface area (TPSA) is 84.9 Å². The summed E-state index contributed by atoms with van der Waals surface area (Å²) < 4.78 is 55.0. The third kappa shape index (κ3) is 6.42. The number of carboxylic acid groups (broad SMARTS) is 1. The van der Waals surface area contributed by atoms with Crippen molar-refractivity contribution in [1.82, 2.24) is 0 Å². The Morgan fingerprint density at radius 3 is 2.41 bits per heavy atom. The fraction of sp³-hybridized carbons (Fsp3) is 0.333. The number of carboxylic acids is 1. The first kappa shape index (κ1) is 28.2. The van der Waals surface area contributed by atoms with Gasteiger partial charge < -0.3 is 19.9 Å². The standard InChI is InChI=1S/C30H30F3NO5/c1-17(35)34-21-9-5-7-18(16-21)22-11-12-23(30(31,32)33)26(27(28(36)37)39-29(2,3)4)25(22)20-10-13-24-19(15-20)8-6-14-38-24/h5,7,9-13,15-16,27H,6,8,14H2,1-4H3,(H,34,35)(H,36,37). The lowest BCUT2D eigenvalue weighted by Crippen LogP contribution is -2.29. The molecule has 0 bridgehead atoms. The van der Waals surface area contributed by atoms with Crippen LogP contribution in [0.1, 0.15) is 56.9 Å². The molecule has 3 aromatic rings. The van der Waals surface area contributed by atoms with Gasteiger partial charge in [-0.3, -0.25) is 4.79 Å². The summed E-state index contributed by atoms with van der Waals surface area (Å²) >= 11 is 0. The van der Waals surface area contributed by atoms with Crippen molar-refractivity contribution in [2.75, 3.05) is 11.9 Å². The molecule has 1 heterocycles. The van der Waals surface area contributed by atoms with Gasteiger partial charge in [0.25, 0.3) is 0 Å². The molecular weight excluding hydrogens is 511 g/mol. The van der Waals surface area contributed by atoms with Crippen LogP contribution in [0.25, 0.3) is 22.3 Å². The van der Waals surface area contributed by atoms with E-state index in [1.807, 2.05) is 0 Å². The van der Waals surface area contributed by atoms with Crippen LogP contribution >= 0.6 is 0 Å². The van der Waals surface area contributed by atoms with E-state index in [0.717, 1.165) is 18.1 Å². The molecule has 1 amide bonds. The number of benzene rings is 3. The number of aryl methyl sites for hydroxylation is 1. The maximum Gasteiger partial charge on any atom is 0.416 e. The summed E-state index contributed by atoms with van der Waals surface area (Å²) in [6.45, 7) is 6.67. The van der Waals surface area contributed by atoms with E-state index in [4.69, 9.17) is 9.47 Å². The third-order valence-electron chi connectivity index (χ3n) is 6.20. The molecule has 1 unspecified atom stereocenters. The van der Waals surface area contributed by atoms with Gasteiger partial charge in [0.05, 0.1) is 17.8 Å². The number of hydrogen-bond acceptors (Lipinski definition) is 4. The third-order valence-corrected chi connectivity index (χ3v) is 6.20. The zero-order valence-corrected chi connectivity index (χ0v) is 22.1. The van der Waals surface area contributed by atoms with Crippen LogP contribution in [0.3, 0.4) is 0 Å². The van der Waals surface area contributed by atoms with Crippen LogP contribution in [0.5, 0.6) is 5.75 Å². The average molecular weight is 542 g/mol. The van der Waals surface area contributed by atoms with Crippen molar-refractivity contribution in [3.05, 3.63) is 71.3 Å². The van der Waals surface area contributed by atoms with Crippen LogP contribution in [0, 0.1) is 0 Å². The molecule has 0 aliphatic carbocycles. The Labute approximate surface area is 224 Å². The second-order valence-corrected chi connectivity index (χ2v) is 10.4. The van der Waals surface area contributed by atoms with E-state index in [9.17, 15) is 27.9 Å². The summed E-state index contributed by atoms with van der Waals surface area (Å²) in [4.78, 5) is 24.2. The van der Waals surface area contributed by atoms with Gasteiger partial charge in [0.1, 0.15) is 5.75 Å². The number of rotatable bonds is 6. The number of nitrogens with one attached hydrogen (secondary N) is 1. The Kier molecular flexibility index (Phi) is 7.75. The van der Waals surface area contributed by atoms with Gasteiger partial charge in [-0.2, -0.15) is 13.2 Å². The Bertz CT molecular complexity index is 1410. The van der Waals surface area contributed by atoms with Crippen LogP contribution < -0.4 is 10.1 Å². The van der Waals surface area contributed by atoms with Crippen LogP contribution in [-0.4, -0.2) is 29.2 Å². The molecule has 0 aromatic heterocycles. The molecule has 0 saturated heterocycles. The van der Waals surface area contributed by atoms with Crippen molar-refractivity contribution in [2.45, 2.75) is 58.4 Å². The van der Waals surface area contributed by atoms with Crippen LogP contribution in [-0.2, 0) is 26.9 Å². The number of anilines is 1. The first-order valence-electron chi connectivity index (χ1n) is 12.5. The summed E-state index contributed by atoms with van der Waals surface area (Å²) in [7, 11) is 0. The predicted molar refractivity (Wildman–Crippen MR) is 142 cm³/mol. The second kappa shape index (κ2) is 10.7. The molecular formula is C30H30F3NO5. The minimum atomic E-state index is -4.85. The van der Waals surface area contributed by atoms with E-state index in [1.165, 1.54) is 13.0 Å². The average Bonchev–Trinajstić information content (AvgIpc) is 2.84. The van der Waals surface area contributed by atoms with E-state index in [1.54, 1.807) is 63.2 Å². The van der Waals surface area contributed by atoms with Gasteiger partial charge in [0, 0.05) is 18.2 Å². The van der Waals surface area contributed by atoms with E-state index in [0.29, 0.717) is 41.2 Å². The smallest absolute Gasteiger partial charge is 0.416 e. The van der Waals surface area contributed by atoms with Gasteiger partial charge in [0.2, 0.25) is 5.91 Å². The van der Waals surface area contributed by atoms with Crippen molar-refractivity contribution in [3.8, 4) is 28.0 Å². The van der Waals surface area contributed by atoms with Crippen molar-refractivity contribution in [1.29, 1.82) is 0 Å². The first-order chi connectivity index (χ1) is 18.2. The van der Waals surface area contributed by atoms with Gasteiger partial charge in [-0.15, -0.1) is 0 Å². The summed E-state index contributed by atoms with van der Waals surface area (Å²) in [5.41, 5.74) is 0.00274. The lowest BCUT2D eigenvalue weighted by molar-refractivity contribution is -0.163. The highest BCUT2D eigenvalue weighted by Gasteiger charge is 2.41. The molecule has 1 atom stereocenters. The maximum absolute atomic E-state index is 14.5. The van der Waals surface area contributed by atoms with Crippen LogP contribution in [0.15, 0.2) is 54.6 Å².